The van der Waals surface area contributed by atoms with Crippen LogP contribution in [0.15, 0.2) is 29.2 Å². The standard InChI is InChI=1S/C10H11ClO2S/c11-8-1-3-9(4-2-8)14-10(5-12)6-13-7-10/h1-4,12H,5-7H2. The molecule has 1 saturated heterocycles. The van der Waals surface area contributed by atoms with Crippen molar-refractivity contribution in [1.82, 2.24) is 0 Å². The molecule has 0 aliphatic carbocycles. The fraction of sp³-hybridized carbons (Fsp3) is 0.400. The van der Waals surface area contributed by atoms with E-state index in [0.717, 1.165) is 9.92 Å². The van der Waals surface area contributed by atoms with Crippen molar-refractivity contribution in [1.29, 1.82) is 0 Å². The summed E-state index contributed by atoms with van der Waals surface area (Å²) in [6.45, 7) is 1.40. The molecule has 0 saturated carbocycles. The lowest BCUT2D eigenvalue weighted by atomic mass is 10.1. The second-order valence-corrected chi connectivity index (χ2v) is 5.37. The van der Waals surface area contributed by atoms with Gasteiger partial charge in [0, 0.05) is 9.92 Å². The summed E-state index contributed by atoms with van der Waals surface area (Å²) in [5.74, 6) is 0. The fourth-order valence-electron chi connectivity index (χ4n) is 1.26. The normalized spacial score (nSPS) is 19.0. The highest BCUT2D eigenvalue weighted by Gasteiger charge is 2.39. The largest absolute Gasteiger partial charge is 0.395 e. The van der Waals surface area contributed by atoms with Crippen molar-refractivity contribution in [2.24, 2.45) is 0 Å². The third-order valence-electron chi connectivity index (χ3n) is 2.17. The Balaban J connectivity index is 2.06. The van der Waals surface area contributed by atoms with E-state index in [-0.39, 0.29) is 11.4 Å². The molecule has 2 nitrogen and oxygen atoms in total. The number of aliphatic hydroxyl groups excluding tert-OH is 1. The summed E-state index contributed by atoms with van der Waals surface area (Å²) in [7, 11) is 0. The molecule has 14 heavy (non-hydrogen) atoms. The molecule has 0 aromatic heterocycles. The Labute approximate surface area is 92.2 Å². The number of hydrogen-bond acceptors (Lipinski definition) is 3. The molecule has 1 aromatic rings. The van der Waals surface area contributed by atoms with Crippen molar-refractivity contribution in [2.75, 3.05) is 19.8 Å². The van der Waals surface area contributed by atoms with E-state index in [4.69, 9.17) is 16.3 Å². The highest BCUT2D eigenvalue weighted by molar-refractivity contribution is 8.00. The number of ether oxygens (including phenoxy) is 1. The number of halogens is 1. The van der Waals surface area contributed by atoms with Gasteiger partial charge in [-0.3, -0.25) is 0 Å². The lowest BCUT2D eigenvalue weighted by Crippen LogP contribution is -2.49. The summed E-state index contributed by atoms with van der Waals surface area (Å²) < 4.78 is 4.99. The van der Waals surface area contributed by atoms with Crippen LogP contribution in [-0.4, -0.2) is 29.7 Å². The molecule has 2 rings (SSSR count). The van der Waals surface area contributed by atoms with Gasteiger partial charge in [0.15, 0.2) is 0 Å². The van der Waals surface area contributed by atoms with Crippen LogP contribution in [0.1, 0.15) is 0 Å². The molecule has 0 unspecified atom stereocenters. The molecular formula is C10H11ClO2S. The van der Waals surface area contributed by atoms with Gasteiger partial charge in [0.05, 0.1) is 24.6 Å². The van der Waals surface area contributed by atoms with Crippen LogP contribution in [0.3, 0.4) is 0 Å². The van der Waals surface area contributed by atoms with E-state index >= 15 is 0 Å². The van der Waals surface area contributed by atoms with Crippen LogP contribution in [-0.2, 0) is 4.74 Å². The van der Waals surface area contributed by atoms with Gasteiger partial charge in [-0.2, -0.15) is 0 Å². The first-order valence-electron chi connectivity index (χ1n) is 4.37. The van der Waals surface area contributed by atoms with Gasteiger partial charge in [0.1, 0.15) is 0 Å². The van der Waals surface area contributed by atoms with Gasteiger partial charge in [0.2, 0.25) is 0 Å². The number of aliphatic hydroxyl groups is 1. The van der Waals surface area contributed by atoms with Crippen LogP contribution in [0.25, 0.3) is 0 Å². The SMILES string of the molecule is OCC1(Sc2ccc(Cl)cc2)COC1. The number of thioether (sulfide) groups is 1. The zero-order chi connectivity index (χ0) is 10.0. The first-order chi connectivity index (χ1) is 6.74. The topological polar surface area (TPSA) is 29.5 Å². The molecule has 4 heteroatoms. The Morgan fingerprint density at radius 2 is 2.00 bits per heavy atom. The second-order valence-electron chi connectivity index (χ2n) is 3.39. The Kier molecular flexibility index (Phi) is 3.02. The van der Waals surface area contributed by atoms with Crippen LogP contribution in [0.5, 0.6) is 0 Å². The highest BCUT2D eigenvalue weighted by atomic mass is 35.5. The predicted molar refractivity (Wildman–Crippen MR) is 57.9 cm³/mol. The van der Waals surface area contributed by atoms with Gasteiger partial charge in [-0.15, -0.1) is 11.8 Å². The quantitative estimate of drug-likeness (QED) is 0.863. The van der Waals surface area contributed by atoms with Gasteiger partial charge in [-0.25, -0.2) is 0 Å². The summed E-state index contributed by atoms with van der Waals surface area (Å²) in [6, 6.07) is 7.63. The molecule has 1 heterocycles. The Bertz CT molecular complexity index is 303. The van der Waals surface area contributed by atoms with E-state index in [9.17, 15) is 5.11 Å². The minimum atomic E-state index is -0.131. The van der Waals surface area contributed by atoms with Crippen LogP contribution in [0, 0.1) is 0 Å². The summed E-state index contributed by atoms with van der Waals surface area (Å²) in [5.41, 5.74) is 0. The van der Waals surface area contributed by atoms with Crippen molar-refractivity contribution < 1.29 is 9.84 Å². The average Bonchev–Trinajstić information content (AvgIpc) is 2.15. The molecule has 1 N–H and O–H groups in total. The van der Waals surface area contributed by atoms with Crippen molar-refractivity contribution >= 4 is 23.4 Å². The molecule has 76 valence electrons. The number of hydrogen-bond donors (Lipinski definition) is 1. The number of rotatable bonds is 3. The molecule has 1 aliphatic rings. The summed E-state index contributed by atoms with van der Waals surface area (Å²) in [4.78, 5) is 1.12. The molecule has 0 spiro atoms. The molecule has 0 radical (unpaired) electrons. The van der Waals surface area contributed by atoms with Crippen LogP contribution >= 0.6 is 23.4 Å². The van der Waals surface area contributed by atoms with Gasteiger partial charge in [-0.1, -0.05) is 11.6 Å². The smallest absolute Gasteiger partial charge is 0.0902 e. The molecular weight excluding hydrogens is 220 g/mol. The molecule has 1 fully saturated rings. The van der Waals surface area contributed by atoms with Crippen molar-refractivity contribution in [3.05, 3.63) is 29.3 Å². The van der Waals surface area contributed by atoms with Gasteiger partial charge < -0.3 is 9.84 Å². The zero-order valence-corrected chi connectivity index (χ0v) is 9.14. The van der Waals surface area contributed by atoms with E-state index in [1.807, 2.05) is 24.3 Å². The highest BCUT2D eigenvalue weighted by Crippen LogP contribution is 2.38. The third kappa shape index (κ3) is 2.06. The monoisotopic (exact) mass is 230 g/mol. The average molecular weight is 231 g/mol. The van der Waals surface area contributed by atoms with Gasteiger partial charge in [0.25, 0.3) is 0 Å². The minimum Gasteiger partial charge on any atom is -0.395 e. The van der Waals surface area contributed by atoms with Crippen LogP contribution in [0.2, 0.25) is 5.02 Å². The first kappa shape index (κ1) is 10.3. The molecule has 0 atom stereocenters. The lowest BCUT2D eigenvalue weighted by molar-refractivity contribution is -0.0318. The van der Waals surface area contributed by atoms with Crippen molar-refractivity contribution in [2.45, 2.75) is 9.64 Å². The first-order valence-corrected chi connectivity index (χ1v) is 5.57. The van der Waals surface area contributed by atoms with E-state index in [1.54, 1.807) is 11.8 Å². The third-order valence-corrected chi connectivity index (χ3v) is 3.72. The van der Waals surface area contributed by atoms with Crippen LogP contribution < -0.4 is 0 Å². The van der Waals surface area contributed by atoms with Crippen molar-refractivity contribution in [3.8, 4) is 0 Å². The maximum absolute atomic E-state index is 9.23. The summed E-state index contributed by atoms with van der Waals surface area (Å²) in [5, 5.41) is 9.96. The molecule has 0 bridgehead atoms. The summed E-state index contributed by atoms with van der Waals surface area (Å²) in [6.07, 6.45) is 0. The van der Waals surface area contributed by atoms with E-state index in [0.29, 0.717) is 13.2 Å². The van der Waals surface area contributed by atoms with Crippen molar-refractivity contribution in [3.63, 3.8) is 0 Å². The maximum Gasteiger partial charge on any atom is 0.0902 e. The minimum absolute atomic E-state index is 0.131. The number of benzene rings is 1. The molecule has 0 amide bonds. The molecule has 1 aromatic carbocycles. The van der Waals surface area contributed by atoms with E-state index < -0.39 is 0 Å². The lowest BCUT2D eigenvalue weighted by Gasteiger charge is -2.39. The Morgan fingerprint density at radius 3 is 2.43 bits per heavy atom. The summed E-state index contributed by atoms with van der Waals surface area (Å²) >= 11 is 7.43. The zero-order valence-electron chi connectivity index (χ0n) is 7.57. The predicted octanol–water partition coefficient (Wildman–Crippen LogP) is 2.19. The van der Waals surface area contributed by atoms with Gasteiger partial charge >= 0.3 is 0 Å². The maximum atomic E-state index is 9.23. The van der Waals surface area contributed by atoms with E-state index in [2.05, 4.69) is 0 Å². The fourth-order valence-corrected chi connectivity index (χ4v) is 2.51. The second kappa shape index (κ2) is 4.11. The Morgan fingerprint density at radius 1 is 1.36 bits per heavy atom. The van der Waals surface area contributed by atoms with E-state index in [1.165, 1.54) is 0 Å². The van der Waals surface area contributed by atoms with Gasteiger partial charge in [-0.05, 0) is 24.3 Å². The molecule has 1 aliphatic heterocycles. The van der Waals surface area contributed by atoms with Crippen LogP contribution in [0.4, 0.5) is 0 Å². The Hall–Kier alpha value is -0.220.